The number of nitrogens with zero attached hydrogens (tertiary/aromatic N) is 1. The summed E-state index contributed by atoms with van der Waals surface area (Å²) < 4.78 is 36.7. The van der Waals surface area contributed by atoms with Crippen LogP contribution < -0.4 is 9.46 Å². The lowest BCUT2D eigenvalue weighted by Gasteiger charge is -2.17. The topological polar surface area (TPSA) is 102 Å². The Morgan fingerprint density at radius 1 is 1.06 bits per heavy atom. The molecule has 1 N–H and O–H groups in total. The van der Waals surface area contributed by atoms with E-state index < -0.39 is 35.1 Å². The van der Waals surface area contributed by atoms with Crippen LogP contribution in [0.2, 0.25) is 10.0 Å². The number of esters is 1. The first kappa shape index (κ1) is 24.9. The van der Waals surface area contributed by atoms with Crippen LogP contribution in [0.15, 0.2) is 47.4 Å². The third-order valence-electron chi connectivity index (χ3n) is 4.04. The van der Waals surface area contributed by atoms with Crippen LogP contribution in [0.25, 0.3) is 0 Å². The van der Waals surface area contributed by atoms with E-state index in [2.05, 4.69) is 4.72 Å². The molecule has 31 heavy (non-hydrogen) atoms. The number of amides is 1. The Labute approximate surface area is 191 Å². The van der Waals surface area contributed by atoms with Crippen molar-refractivity contribution >= 4 is 45.1 Å². The smallest absolute Gasteiger partial charge is 0.321 e. The molecule has 0 aliphatic rings. The minimum Gasteiger partial charge on any atom is -0.494 e. The van der Waals surface area contributed by atoms with Gasteiger partial charge in [-0.05, 0) is 42.8 Å². The Kier molecular flexibility index (Phi) is 9.12. The zero-order valence-electron chi connectivity index (χ0n) is 16.9. The van der Waals surface area contributed by atoms with Crippen LogP contribution in [0.1, 0.15) is 12.5 Å². The van der Waals surface area contributed by atoms with Crippen molar-refractivity contribution in [3.63, 3.8) is 0 Å². The van der Waals surface area contributed by atoms with Gasteiger partial charge in [-0.25, -0.2) is 8.42 Å². The number of sulfonamides is 1. The van der Waals surface area contributed by atoms with Crippen molar-refractivity contribution in [2.45, 2.75) is 18.4 Å². The number of rotatable bonds is 10. The third-order valence-corrected chi connectivity index (χ3v) is 6.18. The molecule has 0 heterocycles. The molecule has 2 aromatic rings. The first-order valence-electron chi connectivity index (χ1n) is 9.18. The van der Waals surface area contributed by atoms with Crippen molar-refractivity contribution in [3.8, 4) is 5.75 Å². The summed E-state index contributed by atoms with van der Waals surface area (Å²) in [5.74, 6) is -0.599. The van der Waals surface area contributed by atoms with Gasteiger partial charge in [-0.1, -0.05) is 35.3 Å². The molecule has 0 radical (unpaired) electrons. The van der Waals surface area contributed by atoms with Crippen LogP contribution in [0, 0.1) is 0 Å². The maximum absolute atomic E-state index is 12.2. The Morgan fingerprint density at radius 3 is 2.35 bits per heavy atom. The number of carbonyl (C=O) groups is 2. The summed E-state index contributed by atoms with van der Waals surface area (Å²) in [5.41, 5.74) is 0.875. The summed E-state index contributed by atoms with van der Waals surface area (Å²) in [4.78, 5) is 25.3. The molecule has 1 amide bonds. The minimum atomic E-state index is -4.00. The van der Waals surface area contributed by atoms with Gasteiger partial charge in [0.05, 0.1) is 21.5 Å². The Hall–Kier alpha value is -2.33. The molecule has 0 atom stereocenters. The summed E-state index contributed by atoms with van der Waals surface area (Å²) in [6.07, 6.45) is 0. The lowest BCUT2D eigenvalue weighted by atomic mass is 10.2. The number of benzene rings is 2. The van der Waals surface area contributed by atoms with Crippen LogP contribution >= 0.6 is 23.2 Å². The van der Waals surface area contributed by atoms with Gasteiger partial charge < -0.3 is 14.4 Å². The number of halogens is 2. The Morgan fingerprint density at radius 2 is 1.74 bits per heavy atom. The van der Waals surface area contributed by atoms with Gasteiger partial charge in [-0.15, -0.1) is 0 Å². The van der Waals surface area contributed by atoms with Crippen LogP contribution in [0.4, 0.5) is 0 Å². The van der Waals surface area contributed by atoms with Crippen molar-refractivity contribution in [1.82, 2.24) is 9.62 Å². The normalized spacial score (nSPS) is 11.1. The standard InChI is InChI=1S/C20H22Cl2N2O6S/c1-3-29-15-6-4-14(5-7-15)12-24(2)19(25)13-30-20(26)11-23-31(27,28)16-8-9-17(21)18(22)10-16/h4-10,23H,3,11-13H2,1-2H3. The zero-order valence-corrected chi connectivity index (χ0v) is 19.3. The van der Waals surface area contributed by atoms with Gasteiger partial charge in [0.15, 0.2) is 6.61 Å². The molecular formula is C20H22Cl2N2O6S. The fourth-order valence-electron chi connectivity index (χ4n) is 2.40. The number of hydrogen-bond acceptors (Lipinski definition) is 6. The predicted octanol–water partition coefficient (Wildman–Crippen LogP) is 2.87. The van der Waals surface area contributed by atoms with E-state index in [9.17, 15) is 18.0 Å². The van der Waals surface area contributed by atoms with Crippen molar-refractivity contribution in [3.05, 3.63) is 58.1 Å². The van der Waals surface area contributed by atoms with Crippen molar-refractivity contribution < 1.29 is 27.5 Å². The van der Waals surface area contributed by atoms with Gasteiger partial charge in [0.2, 0.25) is 10.0 Å². The molecule has 168 valence electrons. The molecule has 0 saturated heterocycles. The number of nitrogens with one attached hydrogen (secondary N) is 1. The fraction of sp³-hybridized carbons (Fsp3) is 0.300. The number of likely N-dealkylation sites (N-methyl/N-ethyl adjacent to an activating group) is 1. The second-order valence-electron chi connectivity index (χ2n) is 6.39. The quantitative estimate of drug-likeness (QED) is 0.515. The molecule has 0 fully saturated rings. The number of ether oxygens (including phenoxy) is 2. The van der Waals surface area contributed by atoms with Crippen molar-refractivity contribution in [2.75, 3.05) is 26.8 Å². The van der Waals surface area contributed by atoms with Gasteiger partial charge >= 0.3 is 5.97 Å². The highest BCUT2D eigenvalue weighted by atomic mass is 35.5. The van der Waals surface area contributed by atoms with Crippen LogP contribution in [-0.2, 0) is 30.9 Å². The molecule has 0 bridgehead atoms. The monoisotopic (exact) mass is 488 g/mol. The maximum atomic E-state index is 12.2. The van der Waals surface area contributed by atoms with Crippen molar-refractivity contribution in [2.24, 2.45) is 0 Å². The maximum Gasteiger partial charge on any atom is 0.321 e. The van der Waals surface area contributed by atoms with Gasteiger partial charge in [-0.3, -0.25) is 9.59 Å². The van der Waals surface area contributed by atoms with E-state index in [1.54, 1.807) is 19.2 Å². The summed E-state index contributed by atoms with van der Waals surface area (Å²) in [6.45, 7) is 1.61. The highest BCUT2D eigenvalue weighted by molar-refractivity contribution is 7.89. The first-order valence-corrected chi connectivity index (χ1v) is 11.4. The van der Waals surface area contributed by atoms with Gasteiger partial charge in [-0.2, -0.15) is 4.72 Å². The van der Waals surface area contributed by atoms with E-state index in [0.29, 0.717) is 13.2 Å². The zero-order chi connectivity index (χ0) is 23.0. The van der Waals surface area contributed by atoms with Crippen LogP contribution in [-0.4, -0.2) is 52.0 Å². The summed E-state index contributed by atoms with van der Waals surface area (Å²) in [6, 6.07) is 11.0. The average Bonchev–Trinajstić information content (AvgIpc) is 2.74. The fourth-order valence-corrected chi connectivity index (χ4v) is 3.76. The van der Waals surface area contributed by atoms with Crippen LogP contribution in [0.3, 0.4) is 0 Å². The van der Waals surface area contributed by atoms with E-state index in [0.717, 1.165) is 17.4 Å². The molecule has 0 aliphatic carbocycles. The SMILES string of the molecule is CCOc1ccc(CN(C)C(=O)COC(=O)CNS(=O)(=O)c2ccc(Cl)c(Cl)c2)cc1. The van der Waals surface area contributed by atoms with E-state index in [1.807, 2.05) is 19.1 Å². The summed E-state index contributed by atoms with van der Waals surface area (Å²) >= 11 is 11.6. The second kappa shape index (κ2) is 11.3. The molecule has 0 spiro atoms. The van der Waals surface area contributed by atoms with Gasteiger partial charge in [0.25, 0.3) is 5.91 Å². The number of carbonyl (C=O) groups excluding carboxylic acids is 2. The molecule has 0 saturated carbocycles. The van der Waals surface area contributed by atoms with Crippen molar-refractivity contribution in [1.29, 1.82) is 0 Å². The lowest BCUT2D eigenvalue weighted by Crippen LogP contribution is -2.34. The van der Waals surface area contributed by atoms with E-state index in [-0.39, 0.29) is 14.9 Å². The minimum absolute atomic E-state index is 0.0632. The predicted molar refractivity (Wildman–Crippen MR) is 117 cm³/mol. The van der Waals surface area contributed by atoms with Gasteiger partial charge in [0, 0.05) is 13.6 Å². The molecule has 8 nitrogen and oxygen atoms in total. The first-order chi connectivity index (χ1) is 14.6. The van der Waals surface area contributed by atoms with E-state index in [4.69, 9.17) is 32.7 Å². The number of hydrogen-bond donors (Lipinski definition) is 1. The summed E-state index contributed by atoms with van der Waals surface area (Å²) in [7, 11) is -2.43. The van der Waals surface area contributed by atoms with Gasteiger partial charge in [0.1, 0.15) is 12.3 Å². The highest BCUT2D eigenvalue weighted by Gasteiger charge is 2.18. The van der Waals surface area contributed by atoms with Crippen LogP contribution in [0.5, 0.6) is 5.75 Å². The van der Waals surface area contributed by atoms with E-state index in [1.165, 1.54) is 17.0 Å². The average molecular weight is 489 g/mol. The molecule has 11 heteroatoms. The molecule has 0 unspecified atom stereocenters. The largest absolute Gasteiger partial charge is 0.494 e. The highest BCUT2D eigenvalue weighted by Crippen LogP contribution is 2.24. The Bertz CT molecular complexity index is 1030. The molecule has 2 aromatic carbocycles. The molecule has 0 aliphatic heterocycles. The van der Waals surface area contributed by atoms with E-state index >= 15 is 0 Å². The summed E-state index contributed by atoms with van der Waals surface area (Å²) in [5, 5.41) is 0.265. The third kappa shape index (κ3) is 7.70. The molecule has 2 rings (SSSR count). The Balaban J connectivity index is 1.80. The molecule has 0 aromatic heterocycles. The molecular weight excluding hydrogens is 467 g/mol. The lowest BCUT2D eigenvalue weighted by molar-refractivity contribution is -0.150. The second-order valence-corrected chi connectivity index (χ2v) is 8.97.